The van der Waals surface area contributed by atoms with Crippen LogP contribution in [0, 0.1) is 11.8 Å². The highest BCUT2D eigenvalue weighted by molar-refractivity contribution is 8.77. The monoisotopic (exact) mass is 1580 g/mol. The molecule has 23 N–H and O–H groups in total. The summed E-state index contributed by atoms with van der Waals surface area (Å²) in [6.07, 6.45) is 0.390. The van der Waals surface area contributed by atoms with Crippen LogP contribution >= 0.6 is 43.2 Å². The number of nitrogens with zero attached hydrogens (tertiary/aromatic N) is 3. The second kappa shape index (κ2) is 43.1. The van der Waals surface area contributed by atoms with E-state index in [0.29, 0.717) is 0 Å². The molecule has 5 heterocycles. The van der Waals surface area contributed by atoms with E-state index in [2.05, 4.69) is 79.1 Å². The first-order chi connectivity index (χ1) is 50.6. The van der Waals surface area contributed by atoms with Gasteiger partial charge in [-0.3, -0.25) is 86.3 Å². The Hall–Kier alpha value is -9.05. The number of aliphatic hydroxyl groups is 2. The van der Waals surface area contributed by atoms with Gasteiger partial charge in [-0.15, -0.1) is 0 Å². The van der Waals surface area contributed by atoms with Gasteiger partial charge in [0.05, 0.1) is 32.5 Å². The number of amides is 17. The largest absolute Gasteiger partial charge is 0.481 e. The highest BCUT2D eigenvalue weighted by Gasteiger charge is 2.44. The SMILES string of the molecule is CC(C)C[C@@H]1NC(=O)[C@H](CCC(=O)O)NC(=O)[C@@H]2CCCN2C(=O)[C@H](Cc2cnc[nH]2)NC(=O)[C@H](CC(N)=O)NC(=O)[C@H](C(C)C)NC(=O)[C@H](CO)NC(=O)[C@@H]2CSSC[C@H](NC(=O)CN)C(=O)N[C@@H](CSSC[C@@H](C(N)=O)NC1=O)C(=O)N[C@@H](CO)C(=O)N[C@@H](C)C(=O)N1CCC[C@H]1C(=O)N[C@@H](C)C(=O)N2. The lowest BCUT2D eigenvalue weighted by Crippen LogP contribution is -2.62. The van der Waals surface area contributed by atoms with Gasteiger partial charge in [-0.2, -0.15) is 0 Å². The second-order valence-corrected chi connectivity index (χ2v) is 31.5. The lowest BCUT2D eigenvalue weighted by Gasteiger charge is -2.31. The molecule has 0 radical (unpaired) electrons. The van der Waals surface area contributed by atoms with E-state index >= 15 is 0 Å². The van der Waals surface area contributed by atoms with Crippen LogP contribution in [0.15, 0.2) is 12.5 Å². The van der Waals surface area contributed by atoms with Gasteiger partial charge in [0.2, 0.25) is 100 Å². The fraction of sp³-hybridized carbons (Fsp3) is 0.661. The van der Waals surface area contributed by atoms with E-state index in [1.807, 2.05) is 0 Å². The van der Waals surface area contributed by atoms with Crippen LogP contribution in [0.25, 0.3) is 0 Å². The van der Waals surface area contributed by atoms with Crippen molar-refractivity contribution < 1.29 is 102 Å². The molecule has 594 valence electrons. The molecule has 0 spiro atoms. The summed E-state index contributed by atoms with van der Waals surface area (Å²) >= 11 is 0. The summed E-state index contributed by atoms with van der Waals surface area (Å²) in [6, 6.07) is -24.3. The van der Waals surface area contributed by atoms with Gasteiger partial charge in [0, 0.05) is 60.8 Å². The van der Waals surface area contributed by atoms with Crippen molar-refractivity contribution in [1.29, 1.82) is 0 Å². The molecular formula is C62H96N20O21S4. The molecule has 0 saturated carbocycles. The number of imidazole rings is 1. The first-order valence-corrected chi connectivity index (χ1v) is 39.3. The number of carbonyl (C=O) groups is 18. The minimum atomic E-state index is -1.94. The minimum Gasteiger partial charge on any atom is -0.481 e. The van der Waals surface area contributed by atoms with Crippen molar-refractivity contribution in [3.63, 3.8) is 0 Å². The van der Waals surface area contributed by atoms with Gasteiger partial charge in [0.25, 0.3) is 0 Å². The van der Waals surface area contributed by atoms with Gasteiger partial charge in [-0.1, -0.05) is 70.9 Å². The maximum absolute atomic E-state index is 14.8. The Balaban J connectivity index is 1.63. The molecule has 107 heavy (non-hydrogen) atoms. The number of rotatable bonds is 15. The fourth-order valence-corrected chi connectivity index (χ4v) is 16.0. The number of hydrogen-bond acceptors (Lipinski definition) is 26. The van der Waals surface area contributed by atoms with Crippen LogP contribution in [0.5, 0.6) is 0 Å². The Morgan fingerprint density at radius 1 is 0.551 bits per heavy atom. The Bertz CT molecular complexity index is 3420. The maximum atomic E-state index is 14.8. The number of carboxylic acids is 1. The van der Waals surface area contributed by atoms with Gasteiger partial charge >= 0.3 is 5.97 Å². The molecule has 4 aliphatic heterocycles. The summed E-state index contributed by atoms with van der Waals surface area (Å²) in [5.41, 5.74) is 17.3. The van der Waals surface area contributed by atoms with Gasteiger partial charge in [-0.25, -0.2) is 4.98 Å². The van der Waals surface area contributed by atoms with Crippen LogP contribution in [0.2, 0.25) is 0 Å². The molecule has 45 heteroatoms. The van der Waals surface area contributed by atoms with Crippen LogP contribution in [-0.4, -0.2) is 288 Å². The smallest absolute Gasteiger partial charge is 0.303 e. The lowest BCUT2D eigenvalue weighted by atomic mass is 10.0. The summed E-state index contributed by atoms with van der Waals surface area (Å²) in [5.74, 6) is -22.2. The van der Waals surface area contributed by atoms with Gasteiger partial charge in [0.15, 0.2) is 0 Å². The lowest BCUT2D eigenvalue weighted by molar-refractivity contribution is -0.143. The zero-order chi connectivity index (χ0) is 79.5. The predicted molar refractivity (Wildman–Crippen MR) is 385 cm³/mol. The van der Waals surface area contributed by atoms with E-state index in [9.17, 15) is 102 Å². The predicted octanol–water partition coefficient (Wildman–Crippen LogP) is -9.06. The summed E-state index contributed by atoms with van der Waals surface area (Å²) in [6.45, 7) is 5.70. The number of H-pyrrole nitrogens is 1. The van der Waals surface area contributed by atoms with Crippen LogP contribution in [0.4, 0.5) is 0 Å². The molecule has 41 nitrogen and oxygen atoms in total. The number of carboxylic acid groups (broad SMARTS) is 1. The normalized spacial score (nSPS) is 28.7. The van der Waals surface area contributed by atoms with Gasteiger partial charge < -0.3 is 116 Å². The third kappa shape index (κ3) is 27.3. The third-order valence-corrected chi connectivity index (χ3v) is 22.0. The van der Waals surface area contributed by atoms with Crippen molar-refractivity contribution in [2.45, 2.75) is 190 Å². The standard InChI is InChI=1S/C62H96N20O21S4/c1-27(2)15-33-51(92)77-38(48(65)89)22-104-106-25-41-57(98)75-36(20-83)53(94)69-30(6)61(102)81-13-7-9-42(81)58(99)68-29(5)49(90)78-40(24-107-105-23-39(55(96)79-41)70-45(86)18-63)56(97)76-37(21-84)54(95)80-47(28(3)4)60(101)73-34(17-44(64)85)52(93)74-35(16-31-19-66-26-67-31)62(103)82-14-8-10-43(82)59(100)71-32(50(91)72-33)11-12-46(87)88/h19,26-30,32-43,47,83-84H,7-18,20-25,63H2,1-6H3,(H2,64,85)(H2,65,89)(H,66,67)(H,68,99)(H,69,94)(H,70,86)(H,71,100)(H,72,91)(H,73,101)(H,74,93)(H,75,98)(H,76,97)(H,77,92)(H,78,90)(H,79,96)(H,80,95)(H,87,88)/t29-,30-,32-,33-,34-,35-,36-,37-,38-,39-,40-,41-,42-,43-,47-/m0/s1. The molecule has 17 amide bonds. The average molecular weight is 1590 g/mol. The van der Waals surface area contributed by atoms with Crippen molar-refractivity contribution in [3.05, 3.63) is 18.2 Å². The van der Waals surface area contributed by atoms with Crippen LogP contribution in [0.1, 0.15) is 98.6 Å². The first-order valence-electron chi connectivity index (χ1n) is 34.3. The number of aliphatic hydroxyl groups excluding tert-OH is 2. The Labute approximate surface area is 630 Å². The highest BCUT2D eigenvalue weighted by Crippen LogP contribution is 2.27. The Morgan fingerprint density at radius 3 is 1.57 bits per heavy atom. The summed E-state index contributed by atoms with van der Waals surface area (Å²) in [4.78, 5) is 260. The van der Waals surface area contributed by atoms with E-state index in [1.165, 1.54) is 40.2 Å². The molecule has 0 aromatic carbocycles. The van der Waals surface area contributed by atoms with Crippen molar-refractivity contribution in [3.8, 4) is 0 Å². The number of nitrogens with one attached hydrogen (secondary N) is 14. The molecular weight excluding hydrogens is 1490 g/mol. The summed E-state index contributed by atoms with van der Waals surface area (Å²) in [7, 11) is 3.20. The quantitative estimate of drug-likeness (QED) is 0.0725. The van der Waals surface area contributed by atoms with Crippen LogP contribution < -0.4 is 86.3 Å². The number of aromatic nitrogens is 2. The number of carbonyl (C=O) groups excluding carboxylic acids is 17. The first kappa shape index (κ1) is 88.6. The van der Waals surface area contributed by atoms with Gasteiger partial charge in [0.1, 0.15) is 90.6 Å². The number of aromatic amines is 1. The number of aliphatic carboxylic acids is 1. The molecule has 4 aliphatic rings. The highest BCUT2D eigenvalue weighted by atomic mass is 33.1. The molecule has 5 rings (SSSR count). The van der Waals surface area contributed by atoms with Crippen molar-refractivity contribution in [2.24, 2.45) is 29.0 Å². The molecule has 4 fully saturated rings. The third-order valence-electron chi connectivity index (χ3n) is 17.2. The summed E-state index contributed by atoms with van der Waals surface area (Å²) < 4.78 is 0. The number of primary amides is 2. The van der Waals surface area contributed by atoms with Crippen molar-refractivity contribution in [2.75, 3.05) is 55.9 Å². The number of nitrogens with two attached hydrogens (primary N) is 3. The topological polar surface area (TPSA) is 638 Å². The van der Waals surface area contributed by atoms with Crippen LogP contribution in [-0.2, 0) is 92.7 Å². The van der Waals surface area contributed by atoms with Crippen molar-refractivity contribution >= 4 is 150 Å². The number of hydrogen-bond donors (Lipinski definition) is 20. The molecule has 0 aliphatic carbocycles. The molecule has 0 unspecified atom stereocenters. The molecule has 2 bridgehead atoms. The van der Waals surface area contributed by atoms with E-state index in [-0.39, 0.29) is 69.0 Å². The van der Waals surface area contributed by atoms with E-state index < -0.39 is 259 Å². The van der Waals surface area contributed by atoms with Crippen LogP contribution in [0.3, 0.4) is 0 Å². The Kier molecular flexibility index (Phi) is 35.7. The molecule has 15 atom stereocenters. The zero-order valence-corrected chi connectivity index (χ0v) is 62.9. The second-order valence-electron chi connectivity index (χ2n) is 26.4. The molecule has 4 saturated heterocycles. The Morgan fingerprint density at radius 2 is 1.04 bits per heavy atom. The fourth-order valence-electron chi connectivity index (χ4n) is 11.4. The van der Waals surface area contributed by atoms with E-state index in [0.717, 1.165) is 53.0 Å². The number of fused-ring (bicyclic) bond motifs is 10. The van der Waals surface area contributed by atoms with Gasteiger partial charge in [-0.05, 0) is 64.2 Å². The minimum absolute atomic E-state index is 0.00592. The molecule has 1 aromatic rings. The van der Waals surface area contributed by atoms with Crippen molar-refractivity contribution in [1.82, 2.24) is 88.9 Å². The summed E-state index contributed by atoms with van der Waals surface area (Å²) in [5, 5.41) is 62.7. The maximum Gasteiger partial charge on any atom is 0.303 e. The average Bonchev–Trinajstić information content (AvgIpc) is 1.68. The van der Waals surface area contributed by atoms with E-state index in [4.69, 9.17) is 17.2 Å². The zero-order valence-electron chi connectivity index (χ0n) is 59.6. The van der Waals surface area contributed by atoms with E-state index in [1.54, 1.807) is 13.8 Å². The molecule has 1 aromatic heterocycles.